The minimum atomic E-state index is -0.870. The summed E-state index contributed by atoms with van der Waals surface area (Å²) in [7, 11) is 0. The molecule has 1 atom stereocenters. The van der Waals surface area contributed by atoms with Gasteiger partial charge in [0.05, 0.1) is 22.8 Å². The van der Waals surface area contributed by atoms with Crippen molar-refractivity contribution in [3.05, 3.63) is 33.8 Å². The highest BCUT2D eigenvalue weighted by atomic mass is 35.5. The van der Waals surface area contributed by atoms with Crippen molar-refractivity contribution in [3.63, 3.8) is 0 Å². The van der Waals surface area contributed by atoms with Gasteiger partial charge in [-0.15, -0.1) is 0 Å². The molecule has 2 amide bonds. The molecule has 1 fully saturated rings. The van der Waals surface area contributed by atoms with Crippen molar-refractivity contribution in [2.45, 2.75) is 25.5 Å². The largest absolute Gasteiger partial charge is 0.481 e. The lowest BCUT2D eigenvalue weighted by Crippen LogP contribution is -2.48. The third-order valence-corrected chi connectivity index (χ3v) is 4.70. The van der Waals surface area contributed by atoms with Gasteiger partial charge in [-0.25, -0.2) is 4.79 Å². The number of ether oxygens (including phenoxy) is 1. The smallest absolute Gasteiger partial charge is 0.314 e. The van der Waals surface area contributed by atoms with E-state index in [1.807, 2.05) is 12.1 Å². The van der Waals surface area contributed by atoms with Gasteiger partial charge in [0.2, 0.25) is 0 Å². The molecular formula is C17H23Cl2N3O4. The zero-order chi connectivity index (χ0) is 18.9. The molecule has 9 heteroatoms. The zero-order valence-electron chi connectivity index (χ0n) is 14.3. The van der Waals surface area contributed by atoms with Crippen molar-refractivity contribution in [2.24, 2.45) is 0 Å². The van der Waals surface area contributed by atoms with Crippen LogP contribution in [0.15, 0.2) is 18.2 Å². The van der Waals surface area contributed by atoms with Crippen LogP contribution in [-0.2, 0) is 16.1 Å². The lowest BCUT2D eigenvalue weighted by Gasteiger charge is -2.33. The van der Waals surface area contributed by atoms with Crippen LogP contribution in [0.4, 0.5) is 4.79 Å². The fourth-order valence-electron chi connectivity index (χ4n) is 2.65. The highest BCUT2D eigenvalue weighted by molar-refractivity contribution is 6.42. The fraction of sp³-hybridized carbons (Fsp3) is 0.529. The molecule has 0 saturated carbocycles. The molecule has 2 rings (SSSR count). The second-order valence-electron chi connectivity index (χ2n) is 6.11. The van der Waals surface area contributed by atoms with E-state index in [9.17, 15) is 9.59 Å². The van der Waals surface area contributed by atoms with Crippen LogP contribution in [-0.4, -0.2) is 60.9 Å². The van der Waals surface area contributed by atoms with E-state index >= 15 is 0 Å². The molecule has 1 aliphatic heterocycles. The fourth-order valence-corrected chi connectivity index (χ4v) is 2.97. The SMILES string of the molecule is O=C(O)CCCNC(=O)NC[C@H]1CN(Cc2ccc(Cl)c(Cl)c2)CCO1. The first-order valence-electron chi connectivity index (χ1n) is 8.45. The van der Waals surface area contributed by atoms with Gasteiger partial charge in [0.15, 0.2) is 0 Å². The van der Waals surface area contributed by atoms with E-state index in [2.05, 4.69) is 15.5 Å². The Morgan fingerprint density at radius 3 is 2.81 bits per heavy atom. The Labute approximate surface area is 162 Å². The molecule has 7 nitrogen and oxygen atoms in total. The van der Waals surface area contributed by atoms with Gasteiger partial charge in [-0.2, -0.15) is 0 Å². The lowest BCUT2D eigenvalue weighted by molar-refractivity contribution is -0.137. The minimum Gasteiger partial charge on any atom is -0.481 e. The number of amides is 2. The summed E-state index contributed by atoms with van der Waals surface area (Å²) in [5.74, 6) is -0.870. The van der Waals surface area contributed by atoms with Gasteiger partial charge >= 0.3 is 12.0 Å². The third-order valence-electron chi connectivity index (χ3n) is 3.96. The number of aliphatic carboxylic acids is 1. The molecule has 0 aromatic heterocycles. The van der Waals surface area contributed by atoms with Crippen LogP contribution in [0.2, 0.25) is 10.0 Å². The number of hydrogen-bond donors (Lipinski definition) is 3. The van der Waals surface area contributed by atoms with Crippen molar-refractivity contribution in [3.8, 4) is 0 Å². The Morgan fingerprint density at radius 1 is 1.27 bits per heavy atom. The number of carboxylic acid groups (broad SMARTS) is 1. The van der Waals surface area contributed by atoms with Gasteiger partial charge in [-0.05, 0) is 24.1 Å². The summed E-state index contributed by atoms with van der Waals surface area (Å²) in [4.78, 5) is 24.4. The Morgan fingerprint density at radius 2 is 2.08 bits per heavy atom. The summed E-state index contributed by atoms with van der Waals surface area (Å²) < 4.78 is 5.69. The summed E-state index contributed by atoms with van der Waals surface area (Å²) in [6.45, 7) is 3.54. The van der Waals surface area contributed by atoms with Gasteiger partial charge in [-0.1, -0.05) is 29.3 Å². The van der Waals surface area contributed by atoms with Crippen molar-refractivity contribution >= 4 is 35.2 Å². The van der Waals surface area contributed by atoms with Crippen molar-refractivity contribution < 1.29 is 19.4 Å². The topological polar surface area (TPSA) is 90.9 Å². The van der Waals surface area contributed by atoms with Crippen molar-refractivity contribution in [1.29, 1.82) is 0 Å². The monoisotopic (exact) mass is 403 g/mol. The van der Waals surface area contributed by atoms with Crippen molar-refractivity contribution in [2.75, 3.05) is 32.8 Å². The number of hydrogen-bond acceptors (Lipinski definition) is 4. The van der Waals surface area contributed by atoms with E-state index in [-0.39, 0.29) is 18.6 Å². The maximum absolute atomic E-state index is 11.7. The van der Waals surface area contributed by atoms with E-state index in [1.165, 1.54) is 0 Å². The van der Waals surface area contributed by atoms with Crippen LogP contribution < -0.4 is 10.6 Å². The van der Waals surface area contributed by atoms with E-state index in [0.29, 0.717) is 42.7 Å². The Balaban J connectivity index is 1.69. The molecule has 0 spiro atoms. The molecule has 1 aromatic carbocycles. The maximum Gasteiger partial charge on any atom is 0.314 e. The summed E-state index contributed by atoms with van der Waals surface area (Å²) >= 11 is 12.0. The summed E-state index contributed by atoms with van der Waals surface area (Å²) in [5.41, 5.74) is 1.07. The number of nitrogens with zero attached hydrogens (tertiary/aromatic N) is 1. The van der Waals surface area contributed by atoms with Gasteiger partial charge in [-0.3, -0.25) is 9.69 Å². The van der Waals surface area contributed by atoms with Crippen LogP contribution in [0.1, 0.15) is 18.4 Å². The number of benzene rings is 1. The van der Waals surface area contributed by atoms with E-state index in [1.54, 1.807) is 6.07 Å². The highest BCUT2D eigenvalue weighted by Gasteiger charge is 2.21. The van der Waals surface area contributed by atoms with Crippen LogP contribution in [0.5, 0.6) is 0 Å². The second-order valence-corrected chi connectivity index (χ2v) is 6.92. The van der Waals surface area contributed by atoms with Crippen molar-refractivity contribution in [1.82, 2.24) is 15.5 Å². The average molecular weight is 404 g/mol. The number of carbonyl (C=O) groups excluding carboxylic acids is 1. The standard InChI is InChI=1S/C17H23Cl2N3O4/c18-14-4-3-12(8-15(14)19)10-22-6-7-26-13(11-22)9-21-17(25)20-5-1-2-16(23)24/h3-4,8,13H,1-2,5-7,9-11H2,(H,23,24)(H2,20,21,25)/t13-/m0/s1. The second kappa shape index (κ2) is 10.6. The summed E-state index contributed by atoms with van der Waals surface area (Å²) in [6, 6.07) is 5.27. The molecule has 0 bridgehead atoms. The molecule has 1 aromatic rings. The maximum atomic E-state index is 11.7. The first-order chi connectivity index (χ1) is 12.4. The molecule has 26 heavy (non-hydrogen) atoms. The predicted molar refractivity (Wildman–Crippen MR) is 99.8 cm³/mol. The van der Waals surface area contributed by atoms with E-state index in [4.69, 9.17) is 33.0 Å². The van der Waals surface area contributed by atoms with Gasteiger partial charge in [0.1, 0.15) is 0 Å². The first-order valence-corrected chi connectivity index (χ1v) is 9.21. The Kier molecular flexibility index (Phi) is 8.44. The molecule has 1 heterocycles. The molecular weight excluding hydrogens is 381 g/mol. The lowest BCUT2D eigenvalue weighted by atomic mass is 10.2. The third kappa shape index (κ3) is 7.37. The number of halogens is 2. The summed E-state index contributed by atoms with van der Waals surface area (Å²) in [6.07, 6.45) is 0.340. The summed E-state index contributed by atoms with van der Waals surface area (Å²) in [5, 5.41) is 15.0. The quantitative estimate of drug-likeness (QED) is 0.579. The molecule has 144 valence electrons. The average Bonchev–Trinajstić information content (AvgIpc) is 2.60. The number of carboxylic acids is 1. The predicted octanol–water partition coefficient (Wildman–Crippen LogP) is 2.36. The normalized spacial score (nSPS) is 17.7. The molecule has 1 aliphatic rings. The van der Waals surface area contributed by atoms with E-state index < -0.39 is 5.97 Å². The van der Waals surface area contributed by atoms with Gasteiger partial charge in [0, 0.05) is 39.1 Å². The van der Waals surface area contributed by atoms with Gasteiger partial charge < -0.3 is 20.5 Å². The van der Waals surface area contributed by atoms with Crippen LogP contribution in [0.3, 0.4) is 0 Å². The first kappa shape index (κ1) is 20.8. The molecule has 3 N–H and O–H groups in total. The molecule has 0 unspecified atom stereocenters. The number of morpholine rings is 1. The number of carbonyl (C=O) groups is 2. The number of urea groups is 1. The zero-order valence-corrected chi connectivity index (χ0v) is 15.9. The van der Waals surface area contributed by atoms with Gasteiger partial charge in [0.25, 0.3) is 0 Å². The molecule has 1 saturated heterocycles. The Hall–Kier alpha value is -1.54. The number of nitrogens with one attached hydrogen (secondary N) is 2. The van der Waals surface area contributed by atoms with Crippen LogP contribution in [0, 0.1) is 0 Å². The molecule has 0 radical (unpaired) electrons. The Bertz CT molecular complexity index is 630. The van der Waals surface area contributed by atoms with Crippen LogP contribution >= 0.6 is 23.2 Å². The minimum absolute atomic E-state index is 0.0374. The molecule has 0 aliphatic carbocycles. The number of rotatable bonds is 8. The highest BCUT2D eigenvalue weighted by Crippen LogP contribution is 2.23. The van der Waals surface area contributed by atoms with E-state index in [0.717, 1.165) is 18.7 Å². The van der Waals surface area contributed by atoms with Crippen LogP contribution in [0.25, 0.3) is 0 Å².